The molecule has 0 aliphatic carbocycles. The normalized spacial score (nSPS) is 20.4. The molecule has 112 valence electrons. The summed E-state index contributed by atoms with van der Waals surface area (Å²) in [5, 5.41) is 13.9. The molecule has 0 amide bonds. The molecule has 2 atom stereocenters. The maximum Gasteiger partial charge on any atom is 0.0916 e. The van der Waals surface area contributed by atoms with Crippen LogP contribution in [0.15, 0.2) is 30.3 Å². The molecule has 1 aromatic rings. The van der Waals surface area contributed by atoms with Crippen LogP contribution in [0, 0.1) is 0 Å². The van der Waals surface area contributed by atoms with Crippen LogP contribution < -0.4 is 5.32 Å². The molecule has 4 heteroatoms. The summed E-state index contributed by atoms with van der Waals surface area (Å²) in [5.41, 5.74) is 0.981. The maximum atomic E-state index is 10.4. The fraction of sp³-hybridized carbons (Fsp3) is 0.625. The van der Waals surface area contributed by atoms with Gasteiger partial charge in [0, 0.05) is 32.8 Å². The zero-order chi connectivity index (χ0) is 14.2. The van der Waals surface area contributed by atoms with E-state index in [0.29, 0.717) is 19.2 Å². The average Bonchev–Trinajstić information content (AvgIpc) is 2.98. The highest BCUT2D eigenvalue weighted by Gasteiger charge is 2.20. The van der Waals surface area contributed by atoms with Crippen LogP contribution in [0.2, 0.25) is 0 Å². The molecule has 2 N–H and O–H groups in total. The van der Waals surface area contributed by atoms with Gasteiger partial charge in [-0.05, 0) is 24.9 Å². The molecular formula is C16H26N2O2. The molecule has 1 heterocycles. The Labute approximate surface area is 121 Å². The van der Waals surface area contributed by atoms with Crippen LogP contribution in [-0.2, 0) is 4.74 Å². The Balaban J connectivity index is 1.88. The predicted octanol–water partition coefficient (Wildman–Crippen LogP) is 1.42. The van der Waals surface area contributed by atoms with Crippen molar-refractivity contribution in [2.75, 3.05) is 39.9 Å². The Hall–Kier alpha value is -0.940. The molecule has 0 spiro atoms. The molecular weight excluding hydrogens is 252 g/mol. The maximum absolute atomic E-state index is 10.4. The lowest BCUT2D eigenvalue weighted by Crippen LogP contribution is -2.41. The van der Waals surface area contributed by atoms with Crippen LogP contribution in [0.5, 0.6) is 0 Å². The second kappa shape index (κ2) is 8.37. The van der Waals surface area contributed by atoms with Gasteiger partial charge in [0.2, 0.25) is 0 Å². The second-order valence-electron chi connectivity index (χ2n) is 5.47. The third-order valence-electron chi connectivity index (χ3n) is 3.87. The molecule has 1 aliphatic heterocycles. The van der Waals surface area contributed by atoms with Gasteiger partial charge >= 0.3 is 0 Å². The summed E-state index contributed by atoms with van der Waals surface area (Å²) in [6, 6.07) is 10.4. The first-order valence-electron chi connectivity index (χ1n) is 7.47. The quantitative estimate of drug-likeness (QED) is 0.755. The summed E-state index contributed by atoms with van der Waals surface area (Å²) < 4.78 is 5.18. The number of benzene rings is 1. The highest BCUT2D eigenvalue weighted by atomic mass is 16.5. The van der Waals surface area contributed by atoms with Gasteiger partial charge in [-0.2, -0.15) is 0 Å². The molecule has 20 heavy (non-hydrogen) atoms. The van der Waals surface area contributed by atoms with Crippen LogP contribution in [0.4, 0.5) is 0 Å². The van der Waals surface area contributed by atoms with Crippen molar-refractivity contribution in [2.24, 2.45) is 0 Å². The van der Waals surface area contributed by atoms with E-state index < -0.39 is 6.10 Å². The lowest BCUT2D eigenvalue weighted by molar-refractivity contribution is 0.0843. The predicted molar refractivity (Wildman–Crippen MR) is 80.7 cm³/mol. The Morgan fingerprint density at radius 2 is 2.20 bits per heavy atom. The summed E-state index contributed by atoms with van der Waals surface area (Å²) in [5.74, 6) is 0. The van der Waals surface area contributed by atoms with Crippen LogP contribution in [-0.4, -0.2) is 55.9 Å². The minimum Gasteiger partial charge on any atom is -0.387 e. The molecule has 1 aliphatic rings. The monoisotopic (exact) mass is 278 g/mol. The van der Waals surface area contributed by atoms with E-state index in [2.05, 4.69) is 10.2 Å². The minimum absolute atomic E-state index is 0.436. The van der Waals surface area contributed by atoms with E-state index in [1.807, 2.05) is 30.3 Å². The zero-order valence-electron chi connectivity index (χ0n) is 12.3. The van der Waals surface area contributed by atoms with Crippen molar-refractivity contribution in [3.05, 3.63) is 35.9 Å². The molecule has 0 saturated carbocycles. The van der Waals surface area contributed by atoms with Crippen molar-refractivity contribution in [3.8, 4) is 0 Å². The summed E-state index contributed by atoms with van der Waals surface area (Å²) in [7, 11) is 1.72. The standard InChI is InChI=1S/C16H26N2O2/c1-20-11-10-18(12-15-8-5-9-17-15)13-16(19)14-6-3-2-4-7-14/h2-4,6-7,15-17,19H,5,8-13H2,1H3. The van der Waals surface area contributed by atoms with Crippen molar-refractivity contribution in [1.82, 2.24) is 10.2 Å². The van der Waals surface area contributed by atoms with Gasteiger partial charge in [0.1, 0.15) is 0 Å². The smallest absolute Gasteiger partial charge is 0.0916 e. The van der Waals surface area contributed by atoms with E-state index in [4.69, 9.17) is 4.74 Å². The van der Waals surface area contributed by atoms with Gasteiger partial charge in [0.05, 0.1) is 12.7 Å². The van der Waals surface area contributed by atoms with Crippen LogP contribution >= 0.6 is 0 Å². The highest BCUT2D eigenvalue weighted by Crippen LogP contribution is 2.15. The summed E-state index contributed by atoms with van der Waals surface area (Å²) in [6.07, 6.45) is 2.05. The fourth-order valence-electron chi connectivity index (χ4n) is 2.73. The third kappa shape index (κ3) is 4.87. The number of nitrogens with one attached hydrogen (secondary N) is 1. The second-order valence-corrected chi connectivity index (χ2v) is 5.47. The first kappa shape index (κ1) is 15.4. The van der Waals surface area contributed by atoms with Crippen molar-refractivity contribution < 1.29 is 9.84 Å². The van der Waals surface area contributed by atoms with E-state index >= 15 is 0 Å². The van der Waals surface area contributed by atoms with Gasteiger partial charge in [-0.25, -0.2) is 0 Å². The van der Waals surface area contributed by atoms with Crippen LogP contribution in [0.1, 0.15) is 24.5 Å². The van der Waals surface area contributed by atoms with E-state index in [9.17, 15) is 5.11 Å². The van der Waals surface area contributed by atoms with Gasteiger partial charge in [-0.1, -0.05) is 30.3 Å². The minimum atomic E-state index is -0.436. The van der Waals surface area contributed by atoms with Gasteiger partial charge in [-0.15, -0.1) is 0 Å². The Bertz CT molecular complexity index is 366. The van der Waals surface area contributed by atoms with Gasteiger partial charge in [0.15, 0.2) is 0 Å². The molecule has 0 aromatic heterocycles. The van der Waals surface area contributed by atoms with E-state index in [1.165, 1.54) is 12.8 Å². The number of rotatable bonds is 8. The van der Waals surface area contributed by atoms with Gasteiger partial charge in [0.25, 0.3) is 0 Å². The molecule has 0 radical (unpaired) electrons. The first-order valence-corrected chi connectivity index (χ1v) is 7.47. The Kier molecular flexibility index (Phi) is 6.47. The number of methoxy groups -OCH3 is 1. The van der Waals surface area contributed by atoms with Crippen LogP contribution in [0.25, 0.3) is 0 Å². The third-order valence-corrected chi connectivity index (χ3v) is 3.87. The average molecular weight is 278 g/mol. The molecule has 1 fully saturated rings. The topological polar surface area (TPSA) is 44.7 Å². The molecule has 1 saturated heterocycles. The van der Waals surface area contributed by atoms with Gasteiger partial charge < -0.3 is 15.2 Å². The molecule has 0 bridgehead atoms. The number of ether oxygens (including phenoxy) is 1. The number of hydrogen-bond acceptors (Lipinski definition) is 4. The fourth-order valence-corrected chi connectivity index (χ4v) is 2.73. The van der Waals surface area contributed by atoms with Crippen molar-refractivity contribution >= 4 is 0 Å². The lowest BCUT2D eigenvalue weighted by Gasteiger charge is -2.27. The first-order chi connectivity index (χ1) is 9.79. The largest absolute Gasteiger partial charge is 0.387 e. The molecule has 2 rings (SSSR count). The van der Waals surface area contributed by atoms with Crippen molar-refractivity contribution in [1.29, 1.82) is 0 Å². The van der Waals surface area contributed by atoms with Crippen LogP contribution in [0.3, 0.4) is 0 Å². The number of aliphatic hydroxyl groups is 1. The van der Waals surface area contributed by atoms with E-state index in [-0.39, 0.29) is 0 Å². The highest BCUT2D eigenvalue weighted by molar-refractivity contribution is 5.17. The lowest BCUT2D eigenvalue weighted by atomic mass is 10.1. The number of nitrogens with zero attached hydrogens (tertiary/aromatic N) is 1. The van der Waals surface area contributed by atoms with Crippen molar-refractivity contribution in [2.45, 2.75) is 25.0 Å². The van der Waals surface area contributed by atoms with E-state index in [1.54, 1.807) is 7.11 Å². The number of aliphatic hydroxyl groups excluding tert-OH is 1. The van der Waals surface area contributed by atoms with E-state index in [0.717, 1.165) is 25.2 Å². The summed E-state index contributed by atoms with van der Waals surface area (Å²) >= 11 is 0. The molecule has 2 unspecified atom stereocenters. The van der Waals surface area contributed by atoms with Gasteiger partial charge in [-0.3, -0.25) is 4.90 Å². The summed E-state index contributed by atoms with van der Waals surface area (Å²) in [6.45, 7) is 4.32. The number of hydrogen-bond donors (Lipinski definition) is 2. The zero-order valence-corrected chi connectivity index (χ0v) is 12.3. The summed E-state index contributed by atoms with van der Waals surface area (Å²) in [4.78, 5) is 2.30. The SMILES string of the molecule is COCCN(CC1CCCN1)CC(O)c1ccccc1. The molecule has 4 nitrogen and oxygen atoms in total. The van der Waals surface area contributed by atoms with Crippen molar-refractivity contribution in [3.63, 3.8) is 0 Å². The molecule has 1 aromatic carbocycles. The Morgan fingerprint density at radius 3 is 2.85 bits per heavy atom. The Morgan fingerprint density at radius 1 is 1.40 bits per heavy atom.